The van der Waals surface area contributed by atoms with Gasteiger partial charge in [0, 0.05) is 17.2 Å². The summed E-state index contributed by atoms with van der Waals surface area (Å²) in [7, 11) is 0. The van der Waals surface area contributed by atoms with Crippen molar-refractivity contribution in [3.05, 3.63) is 34.9 Å². The molecule has 0 aliphatic carbocycles. The van der Waals surface area contributed by atoms with Crippen molar-refractivity contribution >= 4 is 6.29 Å². The van der Waals surface area contributed by atoms with Gasteiger partial charge in [-0.05, 0) is 6.07 Å². The fraction of sp³-hybridized carbons (Fsp3) is 0.222. The van der Waals surface area contributed by atoms with Crippen LogP contribution in [0.2, 0.25) is 0 Å². The second-order valence-electron chi connectivity index (χ2n) is 2.63. The smallest absolute Gasteiger partial charge is 0.157 e. The highest BCUT2D eigenvalue weighted by Gasteiger charge is 2.20. The average Bonchev–Trinajstić information content (AvgIpc) is 2.15. The third-order valence-corrected chi connectivity index (χ3v) is 1.70. The van der Waals surface area contributed by atoms with E-state index in [1.165, 1.54) is 0 Å². The van der Waals surface area contributed by atoms with Gasteiger partial charge < -0.3 is 0 Å². The van der Waals surface area contributed by atoms with Crippen LogP contribution in [0.25, 0.3) is 0 Å². The van der Waals surface area contributed by atoms with Gasteiger partial charge in [0.05, 0.1) is 0 Å². The number of halogens is 4. The Bertz CT molecular complexity index is 351. The molecule has 0 N–H and O–H groups in total. The third-order valence-electron chi connectivity index (χ3n) is 1.70. The van der Waals surface area contributed by atoms with Gasteiger partial charge in [0.1, 0.15) is 18.3 Å². The van der Waals surface area contributed by atoms with Crippen molar-refractivity contribution in [1.29, 1.82) is 0 Å². The molecule has 0 radical (unpaired) electrons. The molecule has 1 atom stereocenters. The lowest BCUT2D eigenvalue weighted by atomic mass is 10.0. The molecule has 0 fully saturated rings. The highest BCUT2D eigenvalue weighted by atomic mass is 19.2. The minimum Gasteiger partial charge on any atom is -0.298 e. The van der Waals surface area contributed by atoms with Crippen LogP contribution in [0.5, 0.6) is 0 Å². The van der Waals surface area contributed by atoms with E-state index in [0.29, 0.717) is 12.1 Å². The van der Waals surface area contributed by atoms with Crippen LogP contribution < -0.4 is 0 Å². The first-order valence-corrected chi connectivity index (χ1v) is 3.74. The van der Waals surface area contributed by atoms with Crippen LogP contribution in [0, 0.1) is 11.6 Å². The Morgan fingerprint density at radius 1 is 1.36 bits per heavy atom. The summed E-state index contributed by atoms with van der Waals surface area (Å²) in [5.41, 5.74) is -1.24. The molecule has 1 aromatic carbocycles. The van der Waals surface area contributed by atoms with Gasteiger partial charge in [0.2, 0.25) is 0 Å². The second-order valence-corrected chi connectivity index (χ2v) is 2.63. The molecule has 0 spiro atoms. The number of hydrogen-bond donors (Lipinski definition) is 0. The van der Waals surface area contributed by atoms with E-state index in [1.54, 1.807) is 0 Å². The molecule has 0 bridgehead atoms. The van der Waals surface area contributed by atoms with E-state index in [2.05, 4.69) is 0 Å². The molecular weight excluding hydrogens is 200 g/mol. The van der Waals surface area contributed by atoms with E-state index < -0.39 is 35.6 Å². The van der Waals surface area contributed by atoms with Crippen molar-refractivity contribution in [3.8, 4) is 0 Å². The minimum absolute atomic E-state index is 0.0870. The molecule has 0 aliphatic rings. The van der Waals surface area contributed by atoms with E-state index in [9.17, 15) is 22.4 Å². The first-order valence-electron chi connectivity index (χ1n) is 3.74. The van der Waals surface area contributed by atoms with Crippen molar-refractivity contribution in [2.24, 2.45) is 0 Å². The zero-order valence-corrected chi connectivity index (χ0v) is 6.94. The maximum Gasteiger partial charge on any atom is 0.157 e. The Morgan fingerprint density at radius 3 is 2.50 bits per heavy atom. The van der Waals surface area contributed by atoms with Gasteiger partial charge in [-0.15, -0.1) is 0 Å². The molecule has 0 amide bonds. The molecule has 1 unspecified atom stereocenters. The lowest BCUT2D eigenvalue weighted by Gasteiger charge is -2.08. The third kappa shape index (κ3) is 1.92. The number of carbonyl (C=O) groups is 1. The first-order chi connectivity index (χ1) is 6.60. The van der Waals surface area contributed by atoms with Crippen LogP contribution in [0.1, 0.15) is 22.1 Å². The fourth-order valence-electron chi connectivity index (χ4n) is 1.11. The summed E-state index contributed by atoms with van der Waals surface area (Å²) >= 11 is 0. The standard InChI is InChI=1S/C9H6F4O/c10-3-8(13)9-5(4-14)1-6(11)2-7(9)12/h1-2,4,8H,3H2. The largest absolute Gasteiger partial charge is 0.298 e. The van der Waals surface area contributed by atoms with Gasteiger partial charge in [0.15, 0.2) is 12.5 Å². The molecule has 0 saturated carbocycles. The highest BCUT2D eigenvalue weighted by Crippen LogP contribution is 2.25. The van der Waals surface area contributed by atoms with Gasteiger partial charge in [-0.25, -0.2) is 17.6 Å². The number of carbonyl (C=O) groups excluding carboxylic acids is 1. The lowest BCUT2D eigenvalue weighted by molar-refractivity contribution is 0.111. The summed E-state index contributed by atoms with van der Waals surface area (Å²) in [6.07, 6.45) is -2.15. The van der Waals surface area contributed by atoms with Crippen LogP contribution in [0.15, 0.2) is 12.1 Å². The first kappa shape index (κ1) is 10.7. The molecule has 0 aliphatic heterocycles. The number of aldehydes is 1. The van der Waals surface area contributed by atoms with Gasteiger partial charge in [-0.1, -0.05) is 0 Å². The quantitative estimate of drug-likeness (QED) is 0.549. The van der Waals surface area contributed by atoms with Crippen LogP contribution >= 0.6 is 0 Å². The molecule has 1 aromatic rings. The molecule has 0 aromatic heterocycles. The van der Waals surface area contributed by atoms with Gasteiger partial charge in [-0.3, -0.25) is 4.79 Å². The SMILES string of the molecule is O=Cc1cc(F)cc(F)c1C(F)CF. The number of alkyl halides is 2. The molecule has 5 heteroatoms. The van der Waals surface area contributed by atoms with Crippen LogP contribution in [-0.2, 0) is 0 Å². The van der Waals surface area contributed by atoms with Crippen molar-refractivity contribution < 1.29 is 22.4 Å². The molecule has 76 valence electrons. The Balaban J connectivity index is 3.31. The monoisotopic (exact) mass is 206 g/mol. The topological polar surface area (TPSA) is 17.1 Å². The average molecular weight is 206 g/mol. The highest BCUT2D eigenvalue weighted by molar-refractivity contribution is 5.77. The molecule has 0 saturated heterocycles. The van der Waals surface area contributed by atoms with Crippen molar-refractivity contribution in [2.45, 2.75) is 6.17 Å². The Morgan fingerprint density at radius 2 is 2.00 bits per heavy atom. The van der Waals surface area contributed by atoms with Crippen LogP contribution in [0.3, 0.4) is 0 Å². The second kappa shape index (κ2) is 4.21. The summed E-state index contributed by atoms with van der Waals surface area (Å²) in [4.78, 5) is 10.3. The van der Waals surface area contributed by atoms with Crippen LogP contribution in [-0.4, -0.2) is 13.0 Å². The van der Waals surface area contributed by atoms with E-state index in [1.807, 2.05) is 0 Å². The van der Waals surface area contributed by atoms with Gasteiger partial charge >= 0.3 is 0 Å². The summed E-state index contributed by atoms with van der Waals surface area (Å²) in [5, 5.41) is 0. The van der Waals surface area contributed by atoms with E-state index >= 15 is 0 Å². The predicted octanol–water partition coefficient (Wildman–Crippen LogP) is 2.76. The van der Waals surface area contributed by atoms with Gasteiger partial charge in [0.25, 0.3) is 0 Å². The molecule has 0 heterocycles. The Labute approximate surface area is 77.3 Å². The molecule has 14 heavy (non-hydrogen) atoms. The fourth-order valence-corrected chi connectivity index (χ4v) is 1.11. The minimum atomic E-state index is -2.24. The maximum atomic E-state index is 12.9. The van der Waals surface area contributed by atoms with Crippen LogP contribution in [0.4, 0.5) is 17.6 Å². The van der Waals surface area contributed by atoms with Crippen molar-refractivity contribution in [2.75, 3.05) is 6.67 Å². The zero-order chi connectivity index (χ0) is 10.7. The van der Waals surface area contributed by atoms with Crippen molar-refractivity contribution in [3.63, 3.8) is 0 Å². The van der Waals surface area contributed by atoms with E-state index in [-0.39, 0.29) is 6.29 Å². The summed E-state index contributed by atoms with van der Waals surface area (Å²) in [5.74, 6) is -2.25. The predicted molar refractivity (Wildman–Crippen MR) is 41.6 cm³/mol. The summed E-state index contributed by atoms with van der Waals surface area (Å²) in [6.45, 7) is -1.45. The van der Waals surface area contributed by atoms with Gasteiger partial charge in [-0.2, -0.15) is 0 Å². The summed E-state index contributed by atoms with van der Waals surface area (Å²) in [6, 6.07) is 1.07. The Hall–Kier alpha value is -1.39. The normalized spacial score (nSPS) is 12.6. The number of hydrogen-bond acceptors (Lipinski definition) is 1. The van der Waals surface area contributed by atoms with E-state index in [0.717, 1.165) is 0 Å². The number of benzene rings is 1. The summed E-state index contributed by atoms with van der Waals surface area (Å²) < 4.78 is 50.2. The molecule has 1 rings (SSSR count). The van der Waals surface area contributed by atoms with Crippen molar-refractivity contribution in [1.82, 2.24) is 0 Å². The zero-order valence-electron chi connectivity index (χ0n) is 6.94. The van der Waals surface area contributed by atoms with E-state index in [4.69, 9.17) is 0 Å². The molecule has 1 nitrogen and oxygen atoms in total. The maximum absolute atomic E-state index is 12.9. The number of rotatable bonds is 3. The Kier molecular flexibility index (Phi) is 3.22. The molecular formula is C9H6F4O. The lowest BCUT2D eigenvalue weighted by Crippen LogP contribution is -2.04.